The van der Waals surface area contributed by atoms with E-state index in [2.05, 4.69) is 10.6 Å². The number of hydrogen-bond acceptors (Lipinski definition) is 7. The first-order valence-electron chi connectivity index (χ1n) is 9.40. The van der Waals surface area contributed by atoms with Gasteiger partial charge >= 0.3 is 0 Å². The number of nitrogens with zero attached hydrogens (tertiary/aromatic N) is 2. The molecule has 1 heterocycles. The fourth-order valence-corrected chi connectivity index (χ4v) is 4.03. The summed E-state index contributed by atoms with van der Waals surface area (Å²) in [5.74, 6) is -0.595. The number of ether oxygens (including phenoxy) is 2. The van der Waals surface area contributed by atoms with Gasteiger partial charge in [-0.25, -0.2) is 8.42 Å². The van der Waals surface area contributed by atoms with Crippen LogP contribution in [0.2, 0.25) is 0 Å². The van der Waals surface area contributed by atoms with Gasteiger partial charge in [0, 0.05) is 25.7 Å². The molecule has 0 spiro atoms. The molecule has 1 aliphatic rings. The Bertz CT molecular complexity index is 966. The summed E-state index contributed by atoms with van der Waals surface area (Å²) in [7, 11) is 0.762. The number of benzene rings is 1. The smallest absolute Gasteiger partial charge is 0.247 e. The van der Waals surface area contributed by atoms with Crippen LogP contribution in [0.4, 0.5) is 0 Å². The number of likely N-dealkylation sites (N-methyl/N-ethyl adjacent to an activating group) is 1. The minimum absolute atomic E-state index is 0.145. The van der Waals surface area contributed by atoms with Gasteiger partial charge in [0.15, 0.2) is 11.5 Å². The molecule has 0 aromatic heterocycles. The van der Waals surface area contributed by atoms with E-state index < -0.39 is 33.3 Å². The highest BCUT2D eigenvalue weighted by Gasteiger charge is 2.47. The van der Waals surface area contributed by atoms with Crippen LogP contribution in [0, 0.1) is 0 Å². The minimum atomic E-state index is -3.67. The Kier molecular flexibility index (Phi) is 7.49. The van der Waals surface area contributed by atoms with Gasteiger partial charge in [0.05, 0.1) is 33.6 Å². The summed E-state index contributed by atoms with van der Waals surface area (Å²) >= 11 is 0. The monoisotopic (exact) mass is 456 g/mol. The van der Waals surface area contributed by atoms with E-state index in [1.807, 2.05) is 0 Å². The molecule has 2 N–H and O–H groups in total. The lowest BCUT2D eigenvalue weighted by atomic mass is 9.96. The second kappa shape index (κ2) is 9.52. The van der Waals surface area contributed by atoms with Crippen LogP contribution in [-0.4, -0.2) is 88.0 Å². The molecular weight excluding hydrogens is 428 g/mol. The van der Waals surface area contributed by atoms with Gasteiger partial charge in [-0.2, -0.15) is 4.31 Å². The van der Waals surface area contributed by atoms with Crippen molar-refractivity contribution in [3.05, 3.63) is 23.8 Å². The number of hydrogen-bond donors (Lipinski definition) is 2. The van der Waals surface area contributed by atoms with Gasteiger partial charge in [0.1, 0.15) is 5.54 Å². The van der Waals surface area contributed by atoms with Gasteiger partial charge in [-0.1, -0.05) is 12.1 Å². The van der Waals surface area contributed by atoms with Crippen LogP contribution < -0.4 is 20.1 Å². The minimum Gasteiger partial charge on any atom is -0.493 e. The summed E-state index contributed by atoms with van der Waals surface area (Å²) in [6.45, 7) is 0.717. The molecule has 0 saturated carbocycles. The van der Waals surface area contributed by atoms with Crippen molar-refractivity contribution in [3.63, 3.8) is 0 Å². The molecule has 1 fully saturated rings. The second-order valence-electron chi connectivity index (χ2n) is 7.37. The zero-order chi connectivity index (χ0) is 23.4. The molecule has 172 valence electrons. The average Bonchev–Trinajstić information content (AvgIpc) is 2.72. The summed E-state index contributed by atoms with van der Waals surface area (Å²) in [4.78, 5) is 38.4. The molecule has 31 heavy (non-hydrogen) atoms. The summed E-state index contributed by atoms with van der Waals surface area (Å²) in [5.41, 5.74) is -0.760. The third-order valence-corrected chi connectivity index (χ3v) is 6.43. The van der Waals surface area contributed by atoms with Crippen LogP contribution in [-0.2, 0) is 31.0 Å². The summed E-state index contributed by atoms with van der Waals surface area (Å²) in [6, 6.07) is 5.26. The molecule has 3 amide bonds. The lowest BCUT2D eigenvalue weighted by molar-refractivity contribution is -0.150. The number of para-hydroxylation sites is 1. The SMILES string of the molecule is COc1cccc(CNC(=O)CNC(=O)[C@]2(C)CN(S(C)(=O)=O)CC(=O)N2C)c1OC. The van der Waals surface area contributed by atoms with E-state index in [4.69, 9.17) is 9.47 Å². The molecule has 1 atom stereocenters. The second-order valence-corrected chi connectivity index (χ2v) is 9.35. The van der Waals surface area contributed by atoms with Crippen molar-refractivity contribution in [3.8, 4) is 11.5 Å². The van der Waals surface area contributed by atoms with Gasteiger partial charge in [0.2, 0.25) is 27.7 Å². The van der Waals surface area contributed by atoms with Crippen LogP contribution in [0.5, 0.6) is 11.5 Å². The van der Waals surface area contributed by atoms with Crippen molar-refractivity contribution >= 4 is 27.7 Å². The van der Waals surface area contributed by atoms with Crippen molar-refractivity contribution in [2.75, 3.05) is 47.2 Å². The van der Waals surface area contributed by atoms with Crippen LogP contribution >= 0.6 is 0 Å². The largest absolute Gasteiger partial charge is 0.493 e. The predicted octanol–water partition coefficient (Wildman–Crippen LogP) is -1.07. The third kappa shape index (κ3) is 5.44. The molecule has 12 heteroatoms. The fourth-order valence-electron chi connectivity index (χ4n) is 3.20. The van der Waals surface area contributed by atoms with Gasteiger partial charge in [-0.3, -0.25) is 14.4 Å². The number of rotatable bonds is 8. The van der Waals surface area contributed by atoms with E-state index in [-0.39, 0.29) is 26.2 Å². The highest BCUT2D eigenvalue weighted by Crippen LogP contribution is 2.30. The van der Waals surface area contributed by atoms with E-state index in [0.29, 0.717) is 17.1 Å². The summed E-state index contributed by atoms with van der Waals surface area (Å²) in [5, 5.41) is 5.15. The zero-order valence-electron chi connectivity index (χ0n) is 18.2. The lowest BCUT2D eigenvalue weighted by Crippen LogP contribution is -2.68. The number of nitrogens with one attached hydrogen (secondary N) is 2. The lowest BCUT2D eigenvalue weighted by Gasteiger charge is -2.44. The number of carbonyl (C=O) groups excluding carboxylic acids is 3. The molecule has 0 unspecified atom stereocenters. The first kappa shape index (κ1) is 24.4. The van der Waals surface area contributed by atoms with Crippen molar-refractivity contribution in [1.82, 2.24) is 19.8 Å². The Morgan fingerprint density at radius 1 is 1.19 bits per heavy atom. The van der Waals surface area contributed by atoms with E-state index in [0.717, 1.165) is 10.6 Å². The number of sulfonamides is 1. The van der Waals surface area contributed by atoms with Gasteiger partial charge in [-0.15, -0.1) is 0 Å². The van der Waals surface area contributed by atoms with Crippen LogP contribution in [0.25, 0.3) is 0 Å². The normalized spacial score (nSPS) is 19.6. The Hall–Kier alpha value is -2.86. The third-order valence-electron chi connectivity index (χ3n) is 5.24. The average molecular weight is 457 g/mol. The fraction of sp³-hybridized carbons (Fsp3) is 0.526. The Balaban J connectivity index is 2.00. The molecule has 0 bridgehead atoms. The van der Waals surface area contributed by atoms with Crippen LogP contribution in [0.3, 0.4) is 0 Å². The number of amides is 3. The molecule has 1 aromatic rings. The highest BCUT2D eigenvalue weighted by molar-refractivity contribution is 7.88. The van der Waals surface area contributed by atoms with E-state index in [1.165, 1.54) is 33.1 Å². The number of piperazine rings is 1. The molecule has 2 rings (SSSR count). The maximum Gasteiger partial charge on any atom is 0.247 e. The van der Waals surface area contributed by atoms with E-state index in [9.17, 15) is 22.8 Å². The van der Waals surface area contributed by atoms with Gasteiger partial charge < -0.3 is 25.0 Å². The zero-order valence-corrected chi connectivity index (χ0v) is 19.0. The predicted molar refractivity (Wildman–Crippen MR) is 112 cm³/mol. The number of carbonyl (C=O) groups is 3. The Labute approximate surface area is 181 Å². The standard InChI is InChI=1S/C19H28N4O7S/c1-19(12-23(31(5,27)28)11-16(25)22(19)2)18(26)21-10-15(24)20-9-13-7-6-8-14(29-3)17(13)30-4/h6-8H,9-12H2,1-5H3,(H,20,24)(H,21,26)/t19-/m0/s1. The molecule has 1 aromatic carbocycles. The van der Waals surface area contributed by atoms with Gasteiger partial charge in [-0.05, 0) is 13.0 Å². The molecule has 0 aliphatic carbocycles. The maximum absolute atomic E-state index is 12.8. The van der Waals surface area contributed by atoms with Crippen molar-refractivity contribution < 1.29 is 32.3 Å². The molecular formula is C19H28N4O7S. The molecule has 1 saturated heterocycles. The Morgan fingerprint density at radius 3 is 2.45 bits per heavy atom. The first-order chi connectivity index (χ1) is 14.4. The van der Waals surface area contributed by atoms with Crippen molar-refractivity contribution in [2.45, 2.75) is 19.0 Å². The topological polar surface area (TPSA) is 134 Å². The van der Waals surface area contributed by atoms with E-state index in [1.54, 1.807) is 18.2 Å². The van der Waals surface area contributed by atoms with Crippen molar-refractivity contribution in [2.24, 2.45) is 0 Å². The summed E-state index contributed by atoms with van der Waals surface area (Å²) < 4.78 is 35.2. The van der Waals surface area contributed by atoms with Crippen LogP contribution in [0.15, 0.2) is 18.2 Å². The summed E-state index contributed by atoms with van der Waals surface area (Å²) in [6.07, 6.45) is 0.976. The molecule has 1 aliphatic heterocycles. The highest BCUT2D eigenvalue weighted by atomic mass is 32.2. The maximum atomic E-state index is 12.8. The number of methoxy groups -OCH3 is 2. The molecule has 0 radical (unpaired) electrons. The Morgan fingerprint density at radius 2 is 1.87 bits per heavy atom. The quantitative estimate of drug-likeness (QED) is 0.509. The van der Waals surface area contributed by atoms with E-state index >= 15 is 0 Å². The van der Waals surface area contributed by atoms with Crippen LogP contribution in [0.1, 0.15) is 12.5 Å². The first-order valence-corrected chi connectivity index (χ1v) is 11.3. The molecule has 11 nitrogen and oxygen atoms in total. The van der Waals surface area contributed by atoms with Gasteiger partial charge in [0.25, 0.3) is 0 Å². The van der Waals surface area contributed by atoms with Crippen molar-refractivity contribution in [1.29, 1.82) is 0 Å².